The monoisotopic (exact) mass is 339 g/mol. The summed E-state index contributed by atoms with van der Waals surface area (Å²) in [4.78, 5) is 11.9. The highest BCUT2D eigenvalue weighted by Crippen LogP contribution is 2.23. The molecule has 0 aliphatic heterocycles. The number of nitrogens with two attached hydrogens (primary N) is 1. The third-order valence-electron chi connectivity index (χ3n) is 2.94. The van der Waals surface area contributed by atoms with Crippen LogP contribution in [-0.2, 0) is 10.0 Å². The van der Waals surface area contributed by atoms with Crippen molar-refractivity contribution < 1.29 is 13.2 Å². The number of nitrogens with one attached hydrogen (secondary N) is 2. The lowest BCUT2D eigenvalue weighted by Crippen LogP contribution is -2.20. The van der Waals surface area contributed by atoms with Gasteiger partial charge in [-0.05, 0) is 42.8 Å². The van der Waals surface area contributed by atoms with Crippen LogP contribution in [0.1, 0.15) is 5.56 Å². The molecule has 0 unspecified atom stereocenters. The van der Waals surface area contributed by atoms with Crippen LogP contribution in [0.15, 0.2) is 47.4 Å². The predicted molar refractivity (Wildman–Crippen MR) is 86.6 cm³/mol. The van der Waals surface area contributed by atoms with Gasteiger partial charge in [-0.2, -0.15) is 0 Å². The van der Waals surface area contributed by atoms with E-state index in [1.165, 1.54) is 18.2 Å². The molecular formula is C14H14ClN3O3S. The van der Waals surface area contributed by atoms with Crippen LogP contribution in [0.25, 0.3) is 0 Å². The van der Waals surface area contributed by atoms with Gasteiger partial charge in [0.1, 0.15) is 0 Å². The number of hydrogen-bond donors (Lipinski definition) is 3. The zero-order chi connectivity index (χ0) is 16.3. The molecule has 0 aromatic heterocycles. The van der Waals surface area contributed by atoms with Gasteiger partial charge in [0.25, 0.3) is 0 Å². The van der Waals surface area contributed by atoms with E-state index in [0.29, 0.717) is 16.4 Å². The van der Waals surface area contributed by atoms with Crippen LogP contribution >= 0.6 is 11.6 Å². The molecule has 0 fully saturated rings. The van der Waals surface area contributed by atoms with Crippen molar-refractivity contribution in [2.75, 3.05) is 10.6 Å². The first-order valence-corrected chi connectivity index (χ1v) is 8.16. The van der Waals surface area contributed by atoms with E-state index in [-0.39, 0.29) is 4.90 Å². The zero-order valence-electron chi connectivity index (χ0n) is 11.6. The maximum atomic E-state index is 12.0. The van der Waals surface area contributed by atoms with E-state index in [4.69, 9.17) is 16.7 Å². The Hall–Kier alpha value is -2.09. The molecule has 2 aromatic carbocycles. The maximum Gasteiger partial charge on any atom is 0.323 e. The number of urea groups is 1. The smallest absolute Gasteiger partial charge is 0.308 e. The molecule has 0 aliphatic rings. The number of rotatable bonds is 3. The minimum Gasteiger partial charge on any atom is -0.308 e. The van der Waals surface area contributed by atoms with Gasteiger partial charge in [0, 0.05) is 16.4 Å². The molecule has 22 heavy (non-hydrogen) atoms. The van der Waals surface area contributed by atoms with Gasteiger partial charge in [0.05, 0.1) is 4.90 Å². The normalized spacial score (nSPS) is 11.0. The van der Waals surface area contributed by atoms with E-state index < -0.39 is 16.1 Å². The van der Waals surface area contributed by atoms with Crippen LogP contribution < -0.4 is 15.8 Å². The summed E-state index contributed by atoms with van der Waals surface area (Å²) in [5.41, 5.74) is 1.61. The number of sulfonamides is 1. The minimum absolute atomic E-state index is 0.0794. The Kier molecular flexibility index (Phi) is 4.70. The summed E-state index contributed by atoms with van der Waals surface area (Å²) in [6.07, 6.45) is 0. The molecule has 8 heteroatoms. The Morgan fingerprint density at radius 1 is 1.14 bits per heavy atom. The van der Waals surface area contributed by atoms with Crippen molar-refractivity contribution in [2.24, 2.45) is 5.14 Å². The van der Waals surface area contributed by atoms with E-state index in [1.807, 2.05) is 0 Å². The number of amides is 2. The molecule has 2 amide bonds. The van der Waals surface area contributed by atoms with Gasteiger partial charge in [0.2, 0.25) is 10.0 Å². The van der Waals surface area contributed by atoms with E-state index in [0.717, 1.165) is 5.56 Å². The molecule has 116 valence electrons. The maximum absolute atomic E-state index is 12.0. The number of primary sulfonamides is 1. The van der Waals surface area contributed by atoms with Gasteiger partial charge < -0.3 is 10.6 Å². The number of hydrogen-bond acceptors (Lipinski definition) is 3. The summed E-state index contributed by atoms with van der Waals surface area (Å²) in [6.45, 7) is 1.78. The van der Waals surface area contributed by atoms with Gasteiger partial charge in [0.15, 0.2) is 0 Å². The van der Waals surface area contributed by atoms with Crippen molar-refractivity contribution >= 4 is 39.0 Å². The standard InChI is InChI=1S/C14H14ClN3O3S/c1-9-12(15)6-3-7-13(9)18-14(19)17-10-4-2-5-11(8-10)22(16,20)21/h2-8H,1H3,(H2,16,20,21)(H2,17,18,19). The molecule has 0 heterocycles. The van der Waals surface area contributed by atoms with Crippen molar-refractivity contribution in [3.63, 3.8) is 0 Å². The number of benzene rings is 2. The van der Waals surface area contributed by atoms with E-state index >= 15 is 0 Å². The largest absolute Gasteiger partial charge is 0.323 e. The second-order valence-electron chi connectivity index (χ2n) is 4.56. The van der Waals surface area contributed by atoms with Gasteiger partial charge in [-0.1, -0.05) is 23.7 Å². The number of carbonyl (C=O) groups excluding carboxylic acids is 1. The number of anilines is 2. The zero-order valence-corrected chi connectivity index (χ0v) is 13.2. The first-order chi connectivity index (χ1) is 10.3. The van der Waals surface area contributed by atoms with E-state index in [2.05, 4.69) is 10.6 Å². The first-order valence-electron chi connectivity index (χ1n) is 6.23. The average molecular weight is 340 g/mol. The molecule has 2 rings (SSSR count). The van der Waals surface area contributed by atoms with Crippen LogP contribution in [0.2, 0.25) is 5.02 Å². The van der Waals surface area contributed by atoms with Crippen molar-refractivity contribution in [1.82, 2.24) is 0 Å². The Labute approximate surface area is 133 Å². The minimum atomic E-state index is -3.82. The molecule has 0 saturated carbocycles. The Balaban J connectivity index is 2.14. The molecule has 0 spiro atoms. The lowest BCUT2D eigenvalue weighted by atomic mass is 10.2. The second-order valence-corrected chi connectivity index (χ2v) is 6.53. The molecule has 0 saturated heterocycles. The summed E-state index contributed by atoms with van der Waals surface area (Å²) in [7, 11) is -3.82. The summed E-state index contributed by atoms with van der Waals surface area (Å²) < 4.78 is 22.6. The molecule has 0 aliphatic carbocycles. The van der Waals surface area contributed by atoms with Gasteiger partial charge in [-0.25, -0.2) is 18.4 Å². The number of halogens is 1. The average Bonchev–Trinajstić information content (AvgIpc) is 2.43. The molecule has 4 N–H and O–H groups in total. The van der Waals surface area contributed by atoms with E-state index in [9.17, 15) is 13.2 Å². The second kappa shape index (κ2) is 6.35. The SMILES string of the molecule is Cc1c(Cl)cccc1NC(=O)Nc1cccc(S(N)(=O)=O)c1. The summed E-state index contributed by atoms with van der Waals surface area (Å²) >= 11 is 5.98. The quantitative estimate of drug-likeness (QED) is 0.801. The summed E-state index contributed by atoms with van der Waals surface area (Å²) in [6, 6.07) is 10.3. The van der Waals surface area contributed by atoms with Gasteiger partial charge >= 0.3 is 6.03 Å². The van der Waals surface area contributed by atoms with Crippen LogP contribution in [0.5, 0.6) is 0 Å². The highest BCUT2D eigenvalue weighted by atomic mass is 35.5. The molecule has 2 aromatic rings. The highest BCUT2D eigenvalue weighted by Gasteiger charge is 2.10. The van der Waals surface area contributed by atoms with Crippen LogP contribution in [-0.4, -0.2) is 14.4 Å². The van der Waals surface area contributed by atoms with Crippen LogP contribution in [0.4, 0.5) is 16.2 Å². The Morgan fingerprint density at radius 2 is 1.82 bits per heavy atom. The van der Waals surface area contributed by atoms with E-state index in [1.54, 1.807) is 31.2 Å². The third kappa shape index (κ3) is 3.97. The van der Waals surface area contributed by atoms with Crippen molar-refractivity contribution in [2.45, 2.75) is 11.8 Å². The molecule has 0 atom stereocenters. The Bertz CT molecular complexity index is 822. The topological polar surface area (TPSA) is 101 Å². The van der Waals surface area contributed by atoms with Gasteiger partial charge in [-0.15, -0.1) is 0 Å². The van der Waals surface area contributed by atoms with Gasteiger partial charge in [-0.3, -0.25) is 0 Å². The summed E-state index contributed by atoms with van der Waals surface area (Å²) in [5, 5.41) is 10.8. The fourth-order valence-corrected chi connectivity index (χ4v) is 2.51. The first kappa shape index (κ1) is 16.3. The highest BCUT2D eigenvalue weighted by molar-refractivity contribution is 7.89. The van der Waals surface area contributed by atoms with Crippen LogP contribution in [0, 0.1) is 6.92 Å². The molecule has 0 radical (unpaired) electrons. The molecule has 6 nitrogen and oxygen atoms in total. The summed E-state index contributed by atoms with van der Waals surface area (Å²) in [5.74, 6) is 0. The van der Waals surface area contributed by atoms with Crippen molar-refractivity contribution in [1.29, 1.82) is 0 Å². The molecular weight excluding hydrogens is 326 g/mol. The third-order valence-corrected chi connectivity index (χ3v) is 4.26. The predicted octanol–water partition coefficient (Wildman–Crippen LogP) is 2.94. The molecule has 0 bridgehead atoms. The van der Waals surface area contributed by atoms with Crippen LogP contribution in [0.3, 0.4) is 0 Å². The number of carbonyl (C=O) groups is 1. The lowest BCUT2D eigenvalue weighted by molar-refractivity contribution is 0.262. The fraction of sp³-hybridized carbons (Fsp3) is 0.0714. The van der Waals surface area contributed by atoms with Crippen molar-refractivity contribution in [3.05, 3.63) is 53.1 Å². The Morgan fingerprint density at radius 3 is 2.50 bits per heavy atom. The fourth-order valence-electron chi connectivity index (χ4n) is 1.78. The lowest BCUT2D eigenvalue weighted by Gasteiger charge is -2.11. The van der Waals surface area contributed by atoms with Crippen molar-refractivity contribution in [3.8, 4) is 0 Å².